The summed E-state index contributed by atoms with van der Waals surface area (Å²) in [6.07, 6.45) is -0.0981. The second-order valence-electron chi connectivity index (χ2n) is 5.02. The van der Waals surface area contributed by atoms with Crippen LogP contribution in [-0.2, 0) is 9.59 Å². The van der Waals surface area contributed by atoms with Crippen LogP contribution in [0, 0.1) is 15.9 Å². The normalized spacial score (nSPS) is 18.5. The maximum atomic E-state index is 13.7. The summed E-state index contributed by atoms with van der Waals surface area (Å²) in [6, 6.07) is 1.79. The fourth-order valence-corrected chi connectivity index (χ4v) is 2.23. The fourth-order valence-electron chi connectivity index (χ4n) is 2.23. The van der Waals surface area contributed by atoms with Crippen molar-refractivity contribution in [3.8, 4) is 0 Å². The summed E-state index contributed by atoms with van der Waals surface area (Å²) in [5.74, 6) is -1.52. The van der Waals surface area contributed by atoms with Gasteiger partial charge in [0.1, 0.15) is 11.9 Å². The molecule has 1 unspecified atom stereocenters. The number of benzene rings is 1. The molecule has 1 atom stereocenters. The summed E-state index contributed by atoms with van der Waals surface area (Å²) < 4.78 is 13.7. The Bertz CT molecular complexity index is 617. The van der Waals surface area contributed by atoms with E-state index < -0.39 is 22.7 Å². The minimum atomic E-state index is -0.906. The first-order chi connectivity index (χ1) is 9.81. The highest BCUT2D eigenvalue weighted by molar-refractivity contribution is 6.07. The highest BCUT2D eigenvalue weighted by atomic mass is 19.1. The number of halogens is 1. The maximum absolute atomic E-state index is 13.7. The number of carbonyl (C=O) groups excluding carboxylic acids is 2. The van der Waals surface area contributed by atoms with Gasteiger partial charge in [0, 0.05) is 18.2 Å². The Kier molecular flexibility index (Phi) is 3.88. The molecule has 1 aliphatic heterocycles. The molecule has 2 rings (SSSR count). The lowest BCUT2D eigenvalue weighted by Gasteiger charge is -2.19. The number of nitro groups is 1. The highest BCUT2D eigenvalue weighted by Crippen LogP contribution is 2.25. The molecule has 1 N–H and O–H groups in total. The number of amides is 2. The Labute approximate surface area is 119 Å². The zero-order chi connectivity index (χ0) is 15.7. The lowest BCUT2D eigenvalue weighted by atomic mass is 10.2. The van der Waals surface area contributed by atoms with Gasteiger partial charge in [-0.25, -0.2) is 4.39 Å². The molecule has 1 heterocycles. The van der Waals surface area contributed by atoms with Gasteiger partial charge in [0.2, 0.25) is 5.91 Å². The molecule has 1 aromatic carbocycles. The molecule has 1 aliphatic rings. The zero-order valence-electron chi connectivity index (χ0n) is 11.5. The first-order valence-electron chi connectivity index (χ1n) is 6.37. The molecule has 8 heteroatoms. The van der Waals surface area contributed by atoms with Crippen molar-refractivity contribution < 1.29 is 18.9 Å². The molecule has 7 nitrogen and oxygen atoms in total. The van der Waals surface area contributed by atoms with Crippen molar-refractivity contribution in [2.45, 2.75) is 32.4 Å². The van der Waals surface area contributed by atoms with Gasteiger partial charge in [0.25, 0.3) is 11.6 Å². The number of nitrogens with zero attached hydrogens (tertiary/aromatic N) is 2. The Morgan fingerprint density at radius 3 is 2.62 bits per heavy atom. The summed E-state index contributed by atoms with van der Waals surface area (Å²) in [5, 5.41) is 13.3. The molecule has 112 valence electrons. The van der Waals surface area contributed by atoms with Crippen LogP contribution in [-0.4, -0.2) is 33.7 Å². The van der Waals surface area contributed by atoms with E-state index in [0.717, 1.165) is 23.1 Å². The van der Waals surface area contributed by atoms with Crippen molar-refractivity contribution in [3.63, 3.8) is 0 Å². The van der Waals surface area contributed by atoms with Crippen LogP contribution in [0.3, 0.4) is 0 Å². The lowest BCUT2D eigenvalue weighted by molar-refractivity contribution is -0.384. The van der Waals surface area contributed by atoms with Crippen molar-refractivity contribution in [1.82, 2.24) is 4.90 Å². The van der Waals surface area contributed by atoms with Crippen LogP contribution in [0.25, 0.3) is 0 Å². The van der Waals surface area contributed by atoms with Gasteiger partial charge >= 0.3 is 0 Å². The van der Waals surface area contributed by atoms with E-state index >= 15 is 0 Å². The SMILES string of the molecule is CC(C)N1C(=O)CC(Nc2cc([N+](=O)[O-])ccc2F)C1=O. The number of likely N-dealkylation sites (tertiary alicyclic amines) is 1. The number of rotatable bonds is 4. The zero-order valence-corrected chi connectivity index (χ0v) is 11.5. The van der Waals surface area contributed by atoms with E-state index in [1.54, 1.807) is 13.8 Å². The number of anilines is 1. The molecular weight excluding hydrogens is 281 g/mol. The van der Waals surface area contributed by atoms with Crippen LogP contribution in [0.5, 0.6) is 0 Å². The first kappa shape index (κ1) is 14.9. The number of imide groups is 1. The van der Waals surface area contributed by atoms with E-state index in [9.17, 15) is 24.1 Å². The Morgan fingerprint density at radius 2 is 2.10 bits per heavy atom. The van der Waals surface area contributed by atoms with Gasteiger partial charge in [0.15, 0.2) is 0 Å². The summed E-state index contributed by atoms with van der Waals surface area (Å²) in [4.78, 5) is 35.0. The molecule has 0 spiro atoms. The quantitative estimate of drug-likeness (QED) is 0.518. The third-order valence-electron chi connectivity index (χ3n) is 3.19. The lowest BCUT2D eigenvalue weighted by Crippen LogP contribution is -2.39. The monoisotopic (exact) mass is 295 g/mol. The van der Waals surface area contributed by atoms with E-state index in [4.69, 9.17) is 0 Å². The summed E-state index contributed by atoms with van der Waals surface area (Å²) in [6.45, 7) is 3.40. The number of carbonyl (C=O) groups is 2. The molecule has 0 aromatic heterocycles. The Balaban J connectivity index is 2.23. The van der Waals surface area contributed by atoms with Crippen molar-refractivity contribution in [1.29, 1.82) is 0 Å². The molecule has 1 fully saturated rings. The number of nitro benzene ring substituents is 1. The predicted molar refractivity (Wildman–Crippen MR) is 72.1 cm³/mol. The number of hydrogen-bond acceptors (Lipinski definition) is 5. The van der Waals surface area contributed by atoms with E-state index in [1.807, 2.05) is 0 Å². The molecule has 1 saturated heterocycles. The maximum Gasteiger partial charge on any atom is 0.271 e. The average Bonchev–Trinajstić information content (AvgIpc) is 2.66. The first-order valence-corrected chi connectivity index (χ1v) is 6.37. The van der Waals surface area contributed by atoms with E-state index in [2.05, 4.69) is 5.32 Å². The van der Waals surface area contributed by atoms with Crippen molar-refractivity contribution in [3.05, 3.63) is 34.1 Å². The third kappa shape index (κ3) is 2.83. The standard InChI is InChI=1S/C13H14FN3O4/c1-7(2)16-12(18)6-11(13(16)19)15-10-5-8(17(20)21)3-4-9(10)14/h3-5,7,11,15H,6H2,1-2H3. The smallest absolute Gasteiger partial charge is 0.271 e. The number of non-ortho nitro benzene ring substituents is 1. The minimum Gasteiger partial charge on any atom is -0.371 e. The Morgan fingerprint density at radius 1 is 1.43 bits per heavy atom. The summed E-state index contributed by atoms with van der Waals surface area (Å²) in [7, 11) is 0. The van der Waals surface area contributed by atoms with E-state index in [0.29, 0.717) is 0 Å². The van der Waals surface area contributed by atoms with Crippen molar-refractivity contribution >= 4 is 23.2 Å². The summed E-state index contributed by atoms with van der Waals surface area (Å²) >= 11 is 0. The molecule has 21 heavy (non-hydrogen) atoms. The van der Waals surface area contributed by atoms with Crippen LogP contribution >= 0.6 is 0 Å². The molecule has 2 amide bonds. The van der Waals surface area contributed by atoms with Crippen LogP contribution in [0.1, 0.15) is 20.3 Å². The van der Waals surface area contributed by atoms with Gasteiger partial charge in [-0.15, -0.1) is 0 Å². The highest BCUT2D eigenvalue weighted by Gasteiger charge is 2.40. The van der Waals surface area contributed by atoms with Gasteiger partial charge in [-0.2, -0.15) is 0 Å². The van der Waals surface area contributed by atoms with Gasteiger partial charge in [-0.3, -0.25) is 24.6 Å². The third-order valence-corrected chi connectivity index (χ3v) is 3.19. The van der Waals surface area contributed by atoms with Crippen LogP contribution < -0.4 is 5.32 Å². The molecule has 0 aliphatic carbocycles. The average molecular weight is 295 g/mol. The van der Waals surface area contributed by atoms with Gasteiger partial charge in [-0.1, -0.05) is 0 Å². The molecule has 0 bridgehead atoms. The van der Waals surface area contributed by atoms with Crippen LogP contribution in [0.4, 0.5) is 15.8 Å². The predicted octanol–water partition coefficient (Wildman–Crippen LogP) is 1.68. The van der Waals surface area contributed by atoms with Gasteiger partial charge in [0.05, 0.1) is 17.0 Å². The number of nitrogens with one attached hydrogen (secondary N) is 1. The van der Waals surface area contributed by atoms with Gasteiger partial charge < -0.3 is 5.32 Å². The van der Waals surface area contributed by atoms with Crippen molar-refractivity contribution in [2.24, 2.45) is 0 Å². The molecule has 0 saturated carbocycles. The van der Waals surface area contributed by atoms with Crippen LogP contribution in [0.15, 0.2) is 18.2 Å². The molecule has 1 aromatic rings. The number of hydrogen-bond donors (Lipinski definition) is 1. The minimum absolute atomic E-state index is 0.0981. The molecule has 0 radical (unpaired) electrons. The second-order valence-corrected chi connectivity index (χ2v) is 5.02. The largest absolute Gasteiger partial charge is 0.371 e. The Hall–Kier alpha value is -2.51. The molecular formula is C13H14FN3O4. The van der Waals surface area contributed by atoms with E-state index in [-0.39, 0.29) is 29.7 Å². The van der Waals surface area contributed by atoms with Gasteiger partial charge in [-0.05, 0) is 19.9 Å². The fraction of sp³-hybridized carbons (Fsp3) is 0.385. The van der Waals surface area contributed by atoms with E-state index in [1.165, 1.54) is 0 Å². The van der Waals surface area contributed by atoms with Crippen LogP contribution in [0.2, 0.25) is 0 Å². The van der Waals surface area contributed by atoms with Crippen molar-refractivity contribution in [2.75, 3.05) is 5.32 Å². The topological polar surface area (TPSA) is 92.6 Å². The second kappa shape index (κ2) is 5.47. The summed E-state index contributed by atoms with van der Waals surface area (Å²) in [5.41, 5.74) is -0.461.